The molecule has 0 saturated carbocycles. The van der Waals surface area contributed by atoms with Crippen LogP contribution < -0.4 is 5.32 Å². The number of benzene rings is 2. The molecular formula is C18H16FNOS. The van der Waals surface area contributed by atoms with Gasteiger partial charge >= 0.3 is 0 Å². The number of amides is 1. The van der Waals surface area contributed by atoms with E-state index in [1.54, 1.807) is 18.2 Å². The summed E-state index contributed by atoms with van der Waals surface area (Å²) in [5, 5.41) is 3.04. The molecule has 2 nitrogen and oxygen atoms in total. The molecular weight excluding hydrogens is 297 g/mol. The van der Waals surface area contributed by atoms with Gasteiger partial charge in [-0.05, 0) is 41.8 Å². The van der Waals surface area contributed by atoms with Gasteiger partial charge in [0.25, 0.3) is 0 Å². The maximum absolute atomic E-state index is 12.8. The van der Waals surface area contributed by atoms with Crippen molar-refractivity contribution in [3.05, 3.63) is 71.6 Å². The third-order valence-corrected chi connectivity index (χ3v) is 4.69. The second kappa shape index (κ2) is 6.79. The first-order valence-electron chi connectivity index (χ1n) is 7.18. The van der Waals surface area contributed by atoms with Crippen LogP contribution in [0.3, 0.4) is 0 Å². The third kappa shape index (κ3) is 3.57. The summed E-state index contributed by atoms with van der Waals surface area (Å²) in [5.41, 5.74) is 1.98. The quantitative estimate of drug-likeness (QED) is 0.861. The first kappa shape index (κ1) is 14.9. The minimum absolute atomic E-state index is 0.0582. The second-order valence-electron chi connectivity index (χ2n) is 5.12. The largest absolute Gasteiger partial charge is 0.346 e. The standard InChI is InChI=1S/C18H16FNOS/c19-14-8-5-13(6-9-14)7-10-18(21)20-16-11-12-22-17-4-2-1-3-15(16)17/h1-10,16H,11-12H2,(H,20,21)/b10-7+/t16-/m0/s1. The number of fused-ring (bicyclic) bond motifs is 1. The van der Waals surface area contributed by atoms with Crippen molar-refractivity contribution in [2.24, 2.45) is 0 Å². The van der Waals surface area contributed by atoms with Gasteiger partial charge in [0.1, 0.15) is 5.82 Å². The molecule has 0 aromatic heterocycles. The molecule has 1 aliphatic rings. The van der Waals surface area contributed by atoms with E-state index in [9.17, 15) is 9.18 Å². The number of rotatable bonds is 3. The summed E-state index contributed by atoms with van der Waals surface area (Å²) in [6.45, 7) is 0. The highest BCUT2D eigenvalue weighted by Crippen LogP contribution is 2.35. The van der Waals surface area contributed by atoms with Gasteiger partial charge < -0.3 is 5.32 Å². The highest BCUT2D eigenvalue weighted by molar-refractivity contribution is 7.99. The molecule has 4 heteroatoms. The van der Waals surface area contributed by atoms with Crippen LogP contribution in [0.2, 0.25) is 0 Å². The zero-order chi connectivity index (χ0) is 15.4. The SMILES string of the molecule is O=C(/C=C/c1ccc(F)cc1)N[C@H]1CCSc2ccccc21. The zero-order valence-electron chi connectivity index (χ0n) is 12.0. The van der Waals surface area contributed by atoms with E-state index in [0.717, 1.165) is 17.7 Å². The molecule has 0 unspecified atom stereocenters. The fraction of sp³-hybridized carbons (Fsp3) is 0.167. The minimum atomic E-state index is -0.280. The number of carbonyl (C=O) groups is 1. The maximum atomic E-state index is 12.8. The van der Waals surface area contributed by atoms with Crippen LogP contribution >= 0.6 is 11.8 Å². The van der Waals surface area contributed by atoms with E-state index in [1.807, 2.05) is 23.9 Å². The summed E-state index contributed by atoms with van der Waals surface area (Å²) < 4.78 is 12.8. The lowest BCUT2D eigenvalue weighted by Gasteiger charge is -2.25. The summed E-state index contributed by atoms with van der Waals surface area (Å²) in [4.78, 5) is 13.3. The van der Waals surface area contributed by atoms with Gasteiger partial charge in [0, 0.05) is 16.7 Å². The van der Waals surface area contributed by atoms with Gasteiger partial charge in [-0.15, -0.1) is 11.8 Å². The molecule has 1 N–H and O–H groups in total. The van der Waals surface area contributed by atoms with Crippen LogP contribution in [0, 0.1) is 5.82 Å². The van der Waals surface area contributed by atoms with Crippen LogP contribution in [-0.4, -0.2) is 11.7 Å². The number of carbonyl (C=O) groups excluding carboxylic acids is 1. The van der Waals surface area contributed by atoms with Crippen molar-refractivity contribution in [2.45, 2.75) is 17.4 Å². The molecule has 0 radical (unpaired) electrons. The van der Waals surface area contributed by atoms with Gasteiger partial charge in [0.2, 0.25) is 5.91 Å². The van der Waals surface area contributed by atoms with Gasteiger partial charge in [-0.2, -0.15) is 0 Å². The first-order valence-corrected chi connectivity index (χ1v) is 8.17. The van der Waals surface area contributed by atoms with Gasteiger partial charge in [0.15, 0.2) is 0 Å². The predicted molar refractivity (Wildman–Crippen MR) is 88.1 cm³/mol. The molecule has 22 heavy (non-hydrogen) atoms. The molecule has 1 amide bonds. The van der Waals surface area contributed by atoms with Crippen molar-refractivity contribution < 1.29 is 9.18 Å². The van der Waals surface area contributed by atoms with Crippen LogP contribution in [0.5, 0.6) is 0 Å². The molecule has 1 atom stereocenters. The smallest absolute Gasteiger partial charge is 0.244 e. The molecule has 0 spiro atoms. The van der Waals surface area contributed by atoms with Gasteiger partial charge in [-0.25, -0.2) is 4.39 Å². The van der Waals surface area contributed by atoms with Crippen molar-refractivity contribution in [3.8, 4) is 0 Å². The maximum Gasteiger partial charge on any atom is 0.244 e. The summed E-state index contributed by atoms with van der Waals surface area (Å²) in [6, 6.07) is 14.3. The van der Waals surface area contributed by atoms with Crippen molar-refractivity contribution in [2.75, 3.05) is 5.75 Å². The predicted octanol–water partition coefficient (Wildman–Crippen LogP) is 4.19. The van der Waals surface area contributed by atoms with E-state index >= 15 is 0 Å². The zero-order valence-corrected chi connectivity index (χ0v) is 12.8. The van der Waals surface area contributed by atoms with Crippen LogP contribution in [0.4, 0.5) is 4.39 Å². The number of nitrogens with one attached hydrogen (secondary N) is 1. The van der Waals surface area contributed by atoms with Crippen molar-refractivity contribution in [1.29, 1.82) is 0 Å². The fourth-order valence-electron chi connectivity index (χ4n) is 2.46. The Bertz CT molecular complexity index is 696. The molecule has 2 aromatic rings. The average molecular weight is 313 g/mol. The molecule has 0 saturated heterocycles. The highest BCUT2D eigenvalue weighted by atomic mass is 32.2. The van der Waals surface area contributed by atoms with Crippen LogP contribution in [0.15, 0.2) is 59.5 Å². The third-order valence-electron chi connectivity index (χ3n) is 3.57. The highest BCUT2D eigenvalue weighted by Gasteiger charge is 2.20. The normalized spacial score (nSPS) is 17.2. The lowest BCUT2D eigenvalue weighted by atomic mass is 10.0. The molecule has 1 heterocycles. The lowest BCUT2D eigenvalue weighted by molar-refractivity contribution is -0.117. The Labute approximate surface area is 133 Å². The first-order chi connectivity index (χ1) is 10.7. The van der Waals surface area contributed by atoms with E-state index in [0.29, 0.717) is 0 Å². The molecule has 112 valence electrons. The van der Waals surface area contributed by atoms with Gasteiger partial charge in [0.05, 0.1) is 6.04 Å². The Morgan fingerprint density at radius 1 is 1.18 bits per heavy atom. The van der Waals surface area contributed by atoms with E-state index in [4.69, 9.17) is 0 Å². The Morgan fingerprint density at radius 2 is 1.95 bits per heavy atom. The van der Waals surface area contributed by atoms with E-state index in [-0.39, 0.29) is 17.8 Å². The molecule has 2 aromatic carbocycles. The molecule has 0 fully saturated rings. The van der Waals surface area contributed by atoms with Crippen LogP contribution in [-0.2, 0) is 4.79 Å². The summed E-state index contributed by atoms with van der Waals surface area (Å²) in [5.74, 6) is 0.595. The Morgan fingerprint density at radius 3 is 2.77 bits per heavy atom. The lowest BCUT2D eigenvalue weighted by Crippen LogP contribution is -2.29. The van der Waals surface area contributed by atoms with E-state index in [2.05, 4.69) is 17.4 Å². The summed E-state index contributed by atoms with van der Waals surface area (Å²) >= 11 is 1.83. The molecule has 0 bridgehead atoms. The monoisotopic (exact) mass is 313 g/mol. The Kier molecular flexibility index (Phi) is 4.59. The van der Waals surface area contributed by atoms with Gasteiger partial charge in [-0.3, -0.25) is 4.79 Å². The number of hydrogen-bond donors (Lipinski definition) is 1. The van der Waals surface area contributed by atoms with Crippen molar-refractivity contribution >= 4 is 23.7 Å². The summed E-state index contributed by atoms with van der Waals surface area (Å²) in [7, 11) is 0. The van der Waals surface area contributed by atoms with Crippen LogP contribution in [0.1, 0.15) is 23.6 Å². The van der Waals surface area contributed by atoms with E-state index in [1.165, 1.54) is 28.7 Å². The Hall–Kier alpha value is -2.07. The molecule has 0 aliphatic carbocycles. The number of hydrogen-bond acceptors (Lipinski definition) is 2. The second-order valence-corrected chi connectivity index (χ2v) is 6.26. The van der Waals surface area contributed by atoms with E-state index < -0.39 is 0 Å². The average Bonchev–Trinajstić information content (AvgIpc) is 2.55. The van der Waals surface area contributed by atoms with Crippen molar-refractivity contribution in [1.82, 2.24) is 5.32 Å². The van der Waals surface area contributed by atoms with Crippen molar-refractivity contribution in [3.63, 3.8) is 0 Å². The number of thioether (sulfide) groups is 1. The minimum Gasteiger partial charge on any atom is -0.346 e. The Balaban J connectivity index is 1.66. The fourth-order valence-corrected chi connectivity index (χ4v) is 3.58. The van der Waals surface area contributed by atoms with Crippen LogP contribution in [0.25, 0.3) is 6.08 Å². The molecule has 1 aliphatic heterocycles. The summed E-state index contributed by atoms with van der Waals surface area (Å²) in [6.07, 6.45) is 4.12. The molecule has 3 rings (SSSR count). The topological polar surface area (TPSA) is 29.1 Å². The number of halogens is 1. The van der Waals surface area contributed by atoms with Gasteiger partial charge in [-0.1, -0.05) is 30.3 Å².